The summed E-state index contributed by atoms with van der Waals surface area (Å²) in [5.74, 6) is -0.390. The van der Waals surface area contributed by atoms with Crippen LogP contribution in [0.5, 0.6) is 0 Å². The summed E-state index contributed by atoms with van der Waals surface area (Å²) in [4.78, 5) is 24.2. The fraction of sp³-hybridized carbons (Fsp3) is 0.833. The highest BCUT2D eigenvalue weighted by Crippen LogP contribution is 3.07. The SMILES string of the molecule is COC(=O)C12C3C4C(C)(OC31C)[C@@]42C(=O)OC. The van der Waals surface area contributed by atoms with Gasteiger partial charge in [0, 0.05) is 11.8 Å². The van der Waals surface area contributed by atoms with E-state index < -0.39 is 22.0 Å². The lowest BCUT2D eigenvalue weighted by Gasteiger charge is -2.29. The van der Waals surface area contributed by atoms with E-state index in [1.165, 1.54) is 14.2 Å². The second kappa shape index (κ2) is 2.00. The van der Waals surface area contributed by atoms with Gasteiger partial charge in [-0.25, -0.2) is 0 Å². The van der Waals surface area contributed by atoms with E-state index in [0.717, 1.165) is 0 Å². The Morgan fingerprint density at radius 1 is 0.941 bits per heavy atom. The van der Waals surface area contributed by atoms with Gasteiger partial charge in [0.15, 0.2) is 0 Å². The van der Waals surface area contributed by atoms with Crippen LogP contribution in [0, 0.1) is 22.7 Å². The maximum Gasteiger partial charge on any atom is 0.316 e. The molecule has 0 spiro atoms. The Labute approximate surface area is 98.4 Å². The van der Waals surface area contributed by atoms with Crippen LogP contribution in [-0.4, -0.2) is 37.4 Å². The van der Waals surface area contributed by atoms with Gasteiger partial charge in [-0.2, -0.15) is 0 Å². The van der Waals surface area contributed by atoms with Crippen LogP contribution >= 0.6 is 0 Å². The van der Waals surface area contributed by atoms with Crippen LogP contribution in [-0.2, 0) is 23.8 Å². The Hall–Kier alpha value is -1.10. The molecular weight excluding hydrogens is 224 g/mol. The molecule has 92 valence electrons. The molecule has 0 aromatic heterocycles. The fourth-order valence-corrected chi connectivity index (χ4v) is 5.60. The molecule has 2 aliphatic heterocycles. The average Bonchev–Trinajstić information content (AvgIpc) is 2.79. The van der Waals surface area contributed by atoms with Crippen molar-refractivity contribution in [3.8, 4) is 0 Å². The molecule has 5 unspecified atom stereocenters. The topological polar surface area (TPSA) is 61.8 Å². The number of hydrogen-bond acceptors (Lipinski definition) is 5. The van der Waals surface area contributed by atoms with Crippen molar-refractivity contribution >= 4 is 11.9 Å². The third-order valence-electron chi connectivity index (χ3n) is 5.91. The molecule has 0 amide bonds. The van der Waals surface area contributed by atoms with Crippen LogP contribution in [0.4, 0.5) is 0 Å². The predicted molar refractivity (Wildman–Crippen MR) is 53.8 cm³/mol. The molecule has 0 aromatic carbocycles. The van der Waals surface area contributed by atoms with Gasteiger partial charge in [-0.15, -0.1) is 0 Å². The van der Waals surface area contributed by atoms with Crippen LogP contribution < -0.4 is 0 Å². The molecule has 0 N–H and O–H groups in total. The maximum absolute atomic E-state index is 12.1. The van der Waals surface area contributed by atoms with E-state index in [2.05, 4.69) is 0 Å². The van der Waals surface area contributed by atoms with E-state index in [9.17, 15) is 9.59 Å². The summed E-state index contributed by atoms with van der Waals surface area (Å²) in [6.07, 6.45) is 0. The van der Waals surface area contributed by atoms with Gasteiger partial charge in [0.1, 0.15) is 10.8 Å². The largest absolute Gasteiger partial charge is 0.468 e. The van der Waals surface area contributed by atoms with E-state index in [-0.39, 0.29) is 23.8 Å². The zero-order valence-corrected chi connectivity index (χ0v) is 10.2. The third-order valence-corrected chi connectivity index (χ3v) is 5.91. The molecule has 17 heavy (non-hydrogen) atoms. The van der Waals surface area contributed by atoms with Crippen LogP contribution in [0.15, 0.2) is 0 Å². The Morgan fingerprint density at radius 2 is 1.29 bits per heavy atom. The van der Waals surface area contributed by atoms with Gasteiger partial charge >= 0.3 is 11.9 Å². The van der Waals surface area contributed by atoms with E-state index in [1.54, 1.807) is 0 Å². The second-order valence-electron chi connectivity index (χ2n) is 5.87. The quantitative estimate of drug-likeness (QED) is 0.640. The number of esters is 2. The van der Waals surface area contributed by atoms with Gasteiger partial charge < -0.3 is 14.2 Å². The predicted octanol–water partition coefficient (Wildman–Crippen LogP) is 0.126. The highest BCUT2D eigenvalue weighted by atomic mass is 16.6. The molecule has 5 heteroatoms. The summed E-state index contributed by atoms with van der Waals surface area (Å²) in [6.45, 7) is 3.81. The van der Waals surface area contributed by atoms with E-state index in [0.29, 0.717) is 0 Å². The molecular formula is C12H14O5. The van der Waals surface area contributed by atoms with Crippen molar-refractivity contribution in [1.29, 1.82) is 0 Å². The first-order valence-corrected chi connectivity index (χ1v) is 5.78. The van der Waals surface area contributed by atoms with Gasteiger partial charge in [-0.05, 0) is 13.8 Å². The summed E-state index contributed by atoms with van der Waals surface area (Å²) in [5.41, 5.74) is -2.59. The summed E-state index contributed by atoms with van der Waals surface area (Å²) in [6, 6.07) is 0. The molecule has 6 atom stereocenters. The van der Waals surface area contributed by atoms with Crippen molar-refractivity contribution < 1.29 is 23.8 Å². The molecule has 3 aliphatic carbocycles. The Balaban J connectivity index is 1.90. The second-order valence-corrected chi connectivity index (χ2v) is 5.87. The normalized spacial score (nSPS) is 63.3. The van der Waals surface area contributed by atoms with Gasteiger partial charge in [0.05, 0.1) is 25.4 Å². The summed E-state index contributed by atoms with van der Waals surface area (Å²) >= 11 is 0. The van der Waals surface area contributed by atoms with Crippen molar-refractivity contribution in [3.05, 3.63) is 0 Å². The first-order valence-electron chi connectivity index (χ1n) is 5.78. The molecule has 2 heterocycles. The number of rotatable bonds is 2. The van der Waals surface area contributed by atoms with Crippen LogP contribution in [0.1, 0.15) is 13.8 Å². The lowest BCUT2D eigenvalue weighted by Crippen LogP contribution is -2.46. The van der Waals surface area contributed by atoms with Crippen LogP contribution in [0.2, 0.25) is 0 Å². The smallest absolute Gasteiger partial charge is 0.316 e. The molecule has 5 rings (SSSR count). The monoisotopic (exact) mass is 238 g/mol. The first kappa shape index (κ1) is 9.88. The van der Waals surface area contributed by atoms with Crippen LogP contribution in [0.3, 0.4) is 0 Å². The molecule has 3 saturated carbocycles. The summed E-state index contributed by atoms with van der Waals surface area (Å²) in [5, 5.41) is 0. The number of carbonyl (C=O) groups is 2. The van der Waals surface area contributed by atoms with Gasteiger partial charge in [0.2, 0.25) is 0 Å². The third kappa shape index (κ3) is 0.480. The standard InChI is InChI=1S/C12H14O5/c1-9-5-6-10(2,17-9)12(6,8(14)16-4)11(5,9)7(13)15-3/h5-6H,1-4H3/t5?,6?,9?,10?,11-,12?/m0/s1. The van der Waals surface area contributed by atoms with Crippen molar-refractivity contribution in [2.75, 3.05) is 14.2 Å². The Bertz CT molecular complexity index is 457. The van der Waals surface area contributed by atoms with Crippen molar-refractivity contribution in [2.24, 2.45) is 22.7 Å². The van der Waals surface area contributed by atoms with Crippen molar-refractivity contribution in [2.45, 2.75) is 25.0 Å². The lowest BCUT2D eigenvalue weighted by molar-refractivity contribution is -0.169. The van der Waals surface area contributed by atoms with Crippen LogP contribution in [0.25, 0.3) is 0 Å². The zero-order valence-electron chi connectivity index (χ0n) is 10.2. The molecule has 5 fully saturated rings. The van der Waals surface area contributed by atoms with E-state index in [1.807, 2.05) is 13.8 Å². The minimum Gasteiger partial charge on any atom is -0.468 e. The number of methoxy groups -OCH3 is 2. The number of hydrogen-bond donors (Lipinski definition) is 0. The molecule has 5 nitrogen and oxygen atoms in total. The average molecular weight is 238 g/mol. The Kier molecular flexibility index (Phi) is 1.17. The minimum atomic E-state index is -0.777. The van der Waals surface area contributed by atoms with E-state index >= 15 is 0 Å². The van der Waals surface area contributed by atoms with Gasteiger partial charge in [0.25, 0.3) is 0 Å². The molecule has 0 aromatic rings. The van der Waals surface area contributed by atoms with E-state index in [4.69, 9.17) is 14.2 Å². The minimum absolute atomic E-state index is 0.131. The van der Waals surface area contributed by atoms with Gasteiger partial charge in [-0.3, -0.25) is 9.59 Å². The first-order chi connectivity index (χ1) is 7.91. The number of carbonyl (C=O) groups excluding carboxylic acids is 2. The highest BCUT2D eigenvalue weighted by Gasteiger charge is 3.20. The van der Waals surface area contributed by atoms with Gasteiger partial charge in [-0.1, -0.05) is 0 Å². The number of ether oxygens (including phenoxy) is 3. The van der Waals surface area contributed by atoms with Crippen molar-refractivity contribution in [3.63, 3.8) is 0 Å². The van der Waals surface area contributed by atoms with Crippen molar-refractivity contribution in [1.82, 2.24) is 0 Å². The molecule has 2 bridgehead atoms. The molecule has 2 saturated heterocycles. The zero-order chi connectivity index (χ0) is 12.4. The highest BCUT2D eigenvalue weighted by molar-refractivity contribution is 6.04. The summed E-state index contributed by atoms with van der Waals surface area (Å²) < 4.78 is 15.8. The Morgan fingerprint density at radius 3 is 1.53 bits per heavy atom. The summed E-state index contributed by atoms with van der Waals surface area (Å²) in [7, 11) is 2.71. The maximum atomic E-state index is 12.1. The fourth-order valence-electron chi connectivity index (χ4n) is 5.60. The molecule has 0 radical (unpaired) electrons. The lowest BCUT2D eigenvalue weighted by atomic mass is 9.71. The molecule has 5 aliphatic rings.